The zero-order valence-electron chi connectivity index (χ0n) is 22.1. The molecule has 5 rings (SSSR count). The van der Waals surface area contributed by atoms with Gasteiger partial charge in [-0.2, -0.15) is 0 Å². The van der Waals surface area contributed by atoms with Crippen LogP contribution in [0.1, 0.15) is 44.1 Å². The second kappa shape index (κ2) is 10.9. The van der Waals surface area contributed by atoms with Crippen LogP contribution in [0.2, 0.25) is 0 Å². The Labute approximate surface area is 219 Å². The molecule has 8 heteroatoms. The number of carbonyl (C=O) groups is 1. The highest BCUT2D eigenvalue weighted by Crippen LogP contribution is 2.51. The number of amides is 2. The summed E-state index contributed by atoms with van der Waals surface area (Å²) in [5.41, 5.74) is 1.77. The summed E-state index contributed by atoms with van der Waals surface area (Å²) in [5.74, 6) is 1.14. The number of nitrogens with one attached hydrogen (secondary N) is 2. The number of anilines is 1. The Kier molecular flexibility index (Phi) is 7.58. The molecule has 2 aromatic rings. The van der Waals surface area contributed by atoms with Gasteiger partial charge >= 0.3 is 6.03 Å². The molecule has 2 heterocycles. The summed E-state index contributed by atoms with van der Waals surface area (Å²) in [7, 11) is 5.56. The Bertz CT molecular complexity index is 1110. The van der Waals surface area contributed by atoms with Gasteiger partial charge in [0.25, 0.3) is 0 Å². The van der Waals surface area contributed by atoms with Crippen LogP contribution in [-0.2, 0) is 5.41 Å². The molecule has 0 aromatic heterocycles. The van der Waals surface area contributed by atoms with Crippen molar-refractivity contribution in [2.75, 3.05) is 46.2 Å². The lowest BCUT2D eigenvalue weighted by Gasteiger charge is -2.48. The van der Waals surface area contributed by atoms with Crippen molar-refractivity contribution >= 4 is 11.7 Å². The van der Waals surface area contributed by atoms with Crippen molar-refractivity contribution in [3.63, 3.8) is 0 Å². The number of rotatable bonds is 6. The summed E-state index contributed by atoms with van der Waals surface area (Å²) in [6.45, 7) is 3.31. The van der Waals surface area contributed by atoms with Gasteiger partial charge in [-0.25, -0.2) is 9.18 Å². The van der Waals surface area contributed by atoms with Gasteiger partial charge in [0, 0.05) is 29.2 Å². The van der Waals surface area contributed by atoms with E-state index in [1.807, 2.05) is 6.07 Å². The second-order valence-corrected chi connectivity index (χ2v) is 10.8. The molecule has 0 bridgehead atoms. The zero-order chi connectivity index (χ0) is 26.0. The van der Waals surface area contributed by atoms with Gasteiger partial charge in [-0.15, -0.1) is 0 Å². The molecule has 2 aliphatic heterocycles. The van der Waals surface area contributed by atoms with E-state index in [-0.39, 0.29) is 23.3 Å². The number of nitrogens with zero attached hydrogens (tertiary/aromatic N) is 2. The molecule has 7 nitrogen and oxygen atoms in total. The number of fused-ring (bicyclic) bond motifs is 1. The van der Waals surface area contributed by atoms with Crippen LogP contribution in [0.3, 0.4) is 0 Å². The van der Waals surface area contributed by atoms with Crippen LogP contribution in [0.5, 0.6) is 11.5 Å². The van der Waals surface area contributed by atoms with Crippen molar-refractivity contribution in [2.24, 2.45) is 0 Å². The summed E-state index contributed by atoms with van der Waals surface area (Å²) in [5, 5.41) is 5.99. The molecule has 2 amide bonds. The summed E-state index contributed by atoms with van der Waals surface area (Å²) in [4.78, 5) is 18.0. The van der Waals surface area contributed by atoms with Crippen LogP contribution in [-0.4, -0.2) is 74.9 Å². The number of carbonyl (C=O) groups excluding carboxylic acids is 1. The van der Waals surface area contributed by atoms with E-state index in [1.54, 1.807) is 26.4 Å². The van der Waals surface area contributed by atoms with E-state index >= 15 is 0 Å². The molecule has 0 radical (unpaired) electrons. The molecule has 3 atom stereocenters. The molecule has 3 fully saturated rings. The van der Waals surface area contributed by atoms with Gasteiger partial charge in [0.2, 0.25) is 0 Å². The monoisotopic (exact) mass is 510 g/mol. The SMILES string of the molecule is COc1ccc(C23CCC(NC(=O)Nc4cccc(F)c4)CC2N(C2CCN(C)CC2)CC3)cc1OC. The van der Waals surface area contributed by atoms with E-state index in [1.165, 1.54) is 30.5 Å². The van der Waals surface area contributed by atoms with Gasteiger partial charge < -0.3 is 25.0 Å². The van der Waals surface area contributed by atoms with Crippen LogP contribution in [0.4, 0.5) is 14.9 Å². The molecule has 200 valence electrons. The number of hydrogen-bond acceptors (Lipinski definition) is 5. The maximum Gasteiger partial charge on any atom is 0.319 e. The molecule has 1 saturated carbocycles. The lowest BCUT2D eigenvalue weighted by molar-refractivity contribution is 0.0673. The van der Waals surface area contributed by atoms with E-state index < -0.39 is 0 Å². The van der Waals surface area contributed by atoms with Crippen LogP contribution >= 0.6 is 0 Å². The number of likely N-dealkylation sites (tertiary alicyclic amines) is 2. The van der Waals surface area contributed by atoms with E-state index in [0.717, 1.165) is 56.8 Å². The fraction of sp³-hybridized carbons (Fsp3) is 0.552. The van der Waals surface area contributed by atoms with Crippen molar-refractivity contribution in [3.8, 4) is 11.5 Å². The standard InChI is InChI=1S/C29H39FN4O3/c1-33-14-10-24(11-15-33)34-16-13-29(20-7-8-25(36-2)26(17-20)37-3)12-9-23(19-27(29)34)32-28(35)31-22-6-4-5-21(30)18-22/h4-8,17-18,23-24,27H,9-16,19H2,1-3H3,(H2,31,32,35). The normalized spacial score (nSPS) is 26.9. The van der Waals surface area contributed by atoms with Crippen molar-refractivity contribution in [1.29, 1.82) is 0 Å². The first-order chi connectivity index (χ1) is 17.9. The number of methoxy groups -OCH3 is 2. The van der Waals surface area contributed by atoms with Crippen molar-refractivity contribution in [2.45, 2.75) is 62.1 Å². The number of ether oxygens (including phenoxy) is 2. The maximum atomic E-state index is 13.6. The third kappa shape index (κ3) is 5.27. The Hall–Kier alpha value is -2.84. The summed E-state index contributed by atoms with van der Waals surface area (Å²) in [6.07, 6.45) is 6.21. The topological polar surface area (TPSA) is 66.1 Å². The first-order valence-electron chi connectivity index (χ1n) is 13.4. The average Bonchev–Trinajstić information content (AvgIpc) is 3.28. The lowest BCUT2D eigenvalue weighted by Crippen LogP contribution is -2.56. The maximum absolute atomic E-state index is 13.6. The van der Waals surface area contributed by atoms with Crippen molar-refractivity contribution < 1.29 is 18.7 Å². The van der Waals surface area contributed by atoms with Crippen LogP contribution in [0, 0.1) is 5.82 Å². The number of piperidine rings is 1. The minimum Gasteiger partial charge on any atom is -0.493 e. The molecule has 2 saturated heterocycles. The zero-order valence-corrected chi connectivity index (χ0v) is 22.1. The fourth-order valence-electron chi connectivity index (χ4n) is 6.88. The summed E-state index contributed by atoms with van der Waals surface area (Å²) < 4.78 is 24.8. The summed E-state index contributed by atoms with van der Waals surface area (Å²) >= 11 is 0. The number of urea groups is 1. The Balaban J connectivity index is 1.37. The Morgan fingerprint density at radius 2 is 1.78 bits per heavy atom. The molecule has 2 N–H and O–H groups in total. The minimum atomic E-state index is -0.366. The molecule has 2 aromatic carbocycles. The van der Waals surface area contributed by atoms with Crippen molar-refractivity contribution in [1.82, 2.24) is 15.1 Å². The average molecular weight is 511 g/mol. The second-order valence-electron chi connectivity index (χ2n) is 10.8. The molecular weight excluding hydrogens is 471 g/mol. The smallest absolute Gasteiger partial charge is 0.319 e. The predicted molar refractivity (Wildman–Crippen MR) is 143 cm³/mol. The largest absolute Gasteiger partial charge is 0.493 e. The van der Waals surface area contributed by atoms with Gasteiger partial charge in [-0.1, -0.05) is 12.1 Å². The van der Waals surface area contributed by atoms with E-state index in [4.69, 9.17) is 9.47 Å². The first-order valence-corrected chi connectivity index (χ1v) is 13.4. The van der Waals surface area contributed by atoms with E-state index in [9.17, 15) is 9.18 Å². The van der Waals surface area contributed by atoms with Gasteiger partial charge in [-0.3, -0.25) is 4.90 Å². The van der Waals surface area contributed by atoms with Crippen LogP contribution in [0.25, 0.3) is 0 Å². The van der Waals surface area contributed by atoms with Crippen LogP contribution < -0.4 is 20.1 Å². The molecule has 0 spiro atoms. The number of benzene rings is 2. The fourth-order valence-corrected chi connectivity index (χ4v) is 6.88. The lowest BCUT2D eigenvalue weighted by atomic mass is 9.65. The highest BCUT2D eigenvalue weighted by molar-refractivity contribution is 5.89. The third-order valence-corrected chi connectivity index (χ3v) is 8.83. The van der Waals surface area contributed by atoms with Crippen molar-refractivity contribution in [3.05, 3.63) is 53.8 Å². The number of halogens is 1. The van der Waals surface area contributed by atoms with E-state index in [0.29, 0.717) is 17.8 Å². The highest BCUT2D eigenvalue weighted by Gasteiger charge is 2.53. The quantitative estimate of drug-likeness (QED) is 0.594. The number of hydrogen-bond donors (Lipinski definition) is 2. The van der Waals surface area contributed by atoms with Gasteiger partial charge in [-0.05, 0) is 101 Å². The molecule has 3 unspecified atom stereocenters. The van der Waals surface area contributed by atoms with Crippen LogP contribution in [0.15, 0.2) is 42.5 Å². The highest BCUT2D eigenvalue weighted by atomic mass is 19.1. The molecular formula is C29H39FN4O3. The minimum absolute atomic E-state index is 0.0140. The van der Waals surface area contributed by atoms with Gasteiger partial charge in [0.15, 0.2) is 11.5 Å². The molecule has 3 aliphatic rings. The molecule has 37 heavy (non-hydrogen) atoms. The van der Waals surface area contributed by atoms with Gasteiger partial charge in [0.05, 0.1) is 14.2 Å². The molecule has 1 aliphatic carbocycles. The predicted octanol–water partition coefficient (Wildman–Crippen LogP) is 4.62. The summed E-state index contributed by atoms with van der Waals surface area (Å²) in [6, 6.07) is 13.1. The Morgan fingerprint density at radius 3 is 2.51 bits per heavy atom. The third-order valence-electron chi connectivity index (χ3n) is 8.83. The Morgan fingerprint density at radius 1 is 1.00 bits per heavy atom. The first kappa shape index (κ1) is 25.8. The van der Waals surface area contributed by atoms with Gasteiger partial charge in [0.1, 0.15) is 5.82 Å². The van der Waals surface area contributed by atoms with E-state index in [2.05, 4.69) is 39.6 Å².